The standard InChI is InChI=1S/C16H25N3O2.HI/c1-3-20-9-10-21-15-11-13(2)5-6-14(15)12-19-16-17-7-4-8-18-16;/h5-6,11H,3-4,7-10,12H2,1-2H3,(H2,17,18,19);1H. The van der Waals surface area contributed by atoms with E-state index in [9.17, 15) is 0 Å². The summed E-state index contributed by atoms with van der Waals surface area (Å²) >= 11 is 0. The topological polar surface area (TPSA) is 54.9 Å². The fraction of sp³-hybridized carbons (Fsp3) is 0.562. The normalized spacial score (nSPS) is 13.6. The number of nitrogens with one attached hydrogen (secondary N) is 2. The van der Waals surface area contributed by atoms with Crippen LogP contribution in [0.3, 0.4) is 0 Å². The van der Waals surface area contributed by atoms with Crippen LogP contribution in [0.2, 0.25) is 0 Å². The molecule has 0 saturated heterocycles. The Morgan fingerprint density at radius 3 is 2.91 bits per heavy atom. The maximum absolute atomic E-state index is 5.83. The van der Waals surface area contributed by atoms with E-state index in [0.29, 0.717) is 19.8 Å². The predicted octanol–water partition coefficient (Wildman–Crippen LogP) is 2.47. The van der Waals surface area contributed by atoms with Gasteiger partial charge in [0.2, 0.25) is 0 Å². The summed E-state index contributed by atoms with van der Waals surface area (Å²) < 4.78 is 11.1. The summed E-state index contributed by atoms with van der Waals surface area (Å²) in [6.45, 7) is 8.54. The van der Waals surface area contributed by atoms with Gasteiger partial charge in [0.05, 0.1) is 6.61 Å². The van der Waals surface area contributed by atoms with Gasteiger partial charge in [-0.2, -0.15) is 0 Å². The first-order valence-corrected chi connectivity index (χ1v) is 7.62. The molecule has 1 aromatic carbocycles. The van der Waals surface area contributed by atoms with Crippen molar-refractivity contribution in [3.63, 3.8) is 0 Å². The van der Waals surface area contributed by atoms with Crippen molar-refractivity contribution >= 4 is 29.9 Å². The van der Waals surface area contributed by atoms with Gasteiger partial charge in [-0.05, 0) is 31.9 Å². The largest absolute Gasteiger partial charge is 0.491 e. The van der Waals surface area contributed by atoms with E-state index in [-0.39, 0.29) is 24.0 Å². The lowest BCUT2D eigenvalue weighted by atomic mass is 10.1. The number of nitrogens with zero attached hydrogens (tertiary/aromatic N) is 1. The Morgan fingerprint density at radius 1 is 1.32 bits per heavy atom. The Labute approximate surface area is 149 Å². The number of guanidine groups is 1. The molecule has 1 aromatic rings. The highest BCUT2D eigenvalue weighted by Gasteiger charge is 2.07. The Bertz CT molecular complexity index is 480. The van der Waals surface area contributed by atoms with E-state index >= 15 is 0 Å². The van der Waals surface area contributed by atoms with Gasteiger partial charge in [0.25, 0.3) is 0 Å². The third-order valence-electron chi connectivity index (χ3n) is 3.26. The Balaban J connectivity index is 0.00000242. The molecule has 0 saturated carbocycles. The molecule has 1 aliphatic heterocycles. The first-order chi connectivity index (χ1) is 10.3. The SMILES string of the molecule is CCOCCOc1cc(C)ccc1CNC1=NCCCN1.I. The Hall–Kier alpha value is -1.02. The minimum atomic E-state index is 0. The number of rotatable bonds is 7. The second-order valence-corrected chi connectivity index (χ2v) is 5.02. The van der Waals surface area contributed by atoms with Gasteiger partial charge in [-0.15, -0.1) is 24.0 Å². The van der Waals surface area contributed by atoms with E-state index in [1.165, 1.54) is 5.56 Å². The predicted molar refractivity (Wildman–Crippen MR) is 100 cm³/mol. The summed E-state index contributed by atoms with van der Waals surface area (Å²) in [5.41, 5.74) is 2.32. The number of ether oxygens (including phenoxy) is 2. The highest BCUT2D eigenvalue weighted by Crippen LogP contribution is 2.20. The Morgan fingerprint density at radius 2 is 2.18 bits per heavy atom. The molecule has 0 aliphatic carbocycles. The molecule has 0 unspecified atom stereocenters. The lowest BCUT2D eigenvalue weighted by Gasteiger charge is -2.18. The molecule has 22 heavy (non-hydrogen) atoms. The molecule has 6 heteroatoms. The second kappa shape index (κ2) is 10.7. The molecule has 5 nitrogen and oxygen atoms in total. The van der Waals surface area contributed by atoms with E-state index in [4.69, 9.17) is 9.47 Å². The zero-order valence-electron chi connectivity index (χ0n) is 13.4. The second-order valence-electron chi connectivity index (χ2n) is 5.02. The maximum Gasteiger partial charge on any atom is 0.191 e. The fourth-order valence-electron chi connectivity index (χ4n) is 2.13. The van der Waals surface area contributed by atoms with E-state index in [1.54, 1.807) is 0 Å². The third-order valence-corrected chi connectivity index (χ3v) is 3.26. The van der Waals surface area contributed by atoms with Crippen molar-refractivity contribution in [3.8, 4) is 5.75 Å². The van der Waals surface area contributed by atoms with E-state index in [1.807, 2.05) is 6.92 Å². The zero-order chi connectivity index (χ0) is 14.9. The summed E-state index contributed by atoms with van der Waals surface area (Å²) in [6.07, 6.45) is 1.10. The molecule has 124 valence electrons. The van der Waals surface area contributed by atoms with Crippen LogP contribution < -0.4 is 15.4 Å². The lowest BCUT2D eigenvalue weighted by Crippen LogP contribution is -2.40. The van der Waals surface area contributed by atoms with Crippen molar-refractivity contribution in [1.29, 1.82) is 0 Å². The van der Waals surface area contributed by atoms with Gasteiger partial charge in [-0.25, -0.2) is 0 Å². The van der Waals surface area contributed by atoms with Gasteiger partial charge in [0.1, 0.15) is 12.4 Å². The van der Waals surface area contributed by atoms with Crippen molar-refractivity contribution in [2.24, 2.45) is 4.99 Å². The molecule has 2 N–H and O–H groups in total. The monoisotopic (exact) mass is 419 g/mol. The fourth-order valence-corrected chi connectivity index (χ4v) is 2.13. The van der Waals surface area contributed by atoms with Crippen LogP contribution in [0.25, 0.3) is 0 Å². The average Bonchev–Trinajstić information content (AvgIpc) is 2.52. The molecule has 0 fully saturated rings. The van der Waals surface area contributed by atoms with Gasteiger partial charge in [-0.1, -0.05) is 12.1 Å². The first-order valence-electron chi connectivity index (χ1n) is 7.62. The molecular weight excluding hydrogens is 393 g/mol. The van der Waals surface area contributed by atoms with E-state index in [0.717, 1.165) is 43.4 Å². The summed E-state index contributed by atoms with van der Waals surface area (Å²) in [6, 6.07) is 6.27. The summed E-state index contributed by atoms with van der Waals surface area (Å²) in [7, 11) is 0. The van der Waals surface area contributed by atoms with Crippen molar-refractivity contribution in [2.45, 2.75) is 26.8 Å². The van der Waals surface area contributed by atoms with Crippen molar-refractivity contribution in [2.75, 3.05) is 32.9 Å². The number of aliphatic imine (C=N–C) groups is 1. The smallest absolute Gasteiger partial charge is 0.191 e. The van der Waals surface area contributed by atoms with Crippen molar-refractivity contribution in [3.05, 3.63) is 29.3 Å². The zero-order valence-corrected chi connectivity index (χ0v) is 15.7. The van der Waals surface area contributed by atoms with Crippen LogP contribution in [-0.2, 0) is 11.3 Å². The highest BCUT2D eigenvalue weighted by molar-refractivity contribution is 14.0. The van der Waals surface area contributed by atoms with Gasteiger partial charge in [0, 0.05) is 31.8 Å². The van der Waals surface area contributed by atoms with Crippen LogP contribution in [0.4, 0.5) is 0 Å². The quantitative estimate of drug-likeness (QED) is 0.527. The molecule has 0 atom stereocenters. The molecule has 0 radical (unpaired) electrons. The van der Waals surface area contributed by atoms with Gasteiger partial charge in [0.15, 0.2) is 5.96 Å². The molecule has 2 rings (SSSR count). The van der Waals surface area contributed by atoms with E-state index in [2.05, 4.69) is 40.7 Å². The Kier molecular flexibility index (Phi) is 9.22. The van der Waals surface area contributed by atoms with Gasteiger partial charge >= 0.3 is 0 Å². The molecular formula is C16H26IN3O2. The number of aryl methyl sites for hydroxylation is 1. The van der Waals surface area contributed by atoms with Crippen LogP contribution in [0.1, 0.15) is 24.5 Å². The molecule has 1 heterocycles. The minimum absolute atomic E-state index is 0. The molecule has 1 aliphatic rings. The average molecular weight is 419 g/mol. The van der Waals surface area contributed by atoms with Crippen LogP contribution in [-0.4, -0.2) is 38.9 Å². The third kappa shape index (κ3) is 6.39. The van der Waals surface area contributed by atoms with Crippen LogP contribution in [0.5, 0.6) is 5.75 Å². The first kappa shape index (κ1) is 19.0. The number of benzene rings is 1. The highest BCUT2D eigenvalue weighted by atomic mass is 127. The summed E-state index contributed by atoms with van der Waals surface area (Å²) in [5.74, 6) is 1.79. The number of halogens is 1. The van der Waals surface area contributed by atoms with Crippen LogP contribution in [0.15, 0.2) is 23.2 Å². The van der Waals surface area contributed by atoms with Crippen molar-refractivity contribution in [1.82, 2.24) is 10.6 Å². The number of hydrogen-bond donors (Lipinski definition) is 2. The summed E-state index contributed by atoms with van der Waals surface area (Å²) in [5, 5.41) is 6.59. The molecule has 0 aromatic heterocycles. The van der Waals surface area contributed by atoms with Crippen LogP contribution in [0, 0.1) is 6.92 Å². The van der Waals surface area contributed by atoms with E-state index < -0.39 is 0 Å². The molecule has 0 spiro atoms. The minimum Gasteiger partial charge on any atom is -0.491 e. The lowest BCUT2D eigenvalue weighted by molar-refractivity contribution is 0.110. The maximum atomic E-state index is 5.83. The summed E-state index contributed by atoms with van der Waals surface area (Å²) in [4.78, 5) is 4.41. The molecule has 0 amide bonds. The molecule has 0 bridgehead atoms. The van der Waals surface area contributed by atoms with Crippen molar-refractivity contribution < 1.29 is 9.47 Å². The van der Waals surface area contributed by atoms with Crippen LogP contribution >= 0.6 is 24.0 Å². The van der Waals surface area contributed by atoms with Gasteiger partial charge in [-0.3, -0.25) is 4.99 Å². The number of hydrogen-bond acceptors (Lipinski definition) is 5. The van der Waals surface area contributed by atoms with Gasteiger partial charge < -0.3 is 20.1 Å².